The molecule has 0 aliphatic heterocycles. The third kappa shape index (κ3) is 8.44. The van der Waals surface area contributed by atoms with Crippen LogP contribution in [0.2, 0.25) is 0 Å². The third-order valence-electron chi connectivity index (χ3n) is 6.66. The summed E-state index contributed by atoms with van der Waals surface area (Å²) in [6.45, 7) is 4.14. The van der Waals surface area contributed by atoms with Gasteiger partial charge in [-0.1, -0.05) is 0 Å². The molecule has 0 radical (unpaired) electrons. The zero-order valence-corrected chi connectivity index (χ0v) is 24.9. The number of carbonyl (C=O) groups is 1. The van der Waals surface area contributed by atoms with E-state index in [1.165, 1.54) is 6.07 Å². The van der Waals surface area contributed by atoms with Crippen LogP contribution < -0.4 is 20.7 Å². The van der Waals surface area contributed by atoms with Gasteiger partial charge in [0.25, 0.3) is 6.47 Å². The van der Waals surface area contributed by atoms with E-state index in [1.807, 2.05) is 44.2 Å². The lowest BCUT2D eigenvalue weighted by Gasteiger charge is -2.22. The van der Waals surface area contributed by atoms with Crippen molar-refractivity contribution in [1.82, 2.24) is 19.9 Å². The number of alkyl halides is 3. The second kappa shape index (κ2) is 14.0. The van der Waals surface area contributed by atoms with E-state index < -0.39 is 17.8 Å². The molecule has 4 rings (SSSR count). The van der Waals surface area contributed by atoms with Gasteiger partial charge in [0.2, 0.25) is 5.88 Å². The second-order valence-corrected chi connectivity index (χ2v) is 10.2. The number of fused-ring (bicyclic) bond motifs is 1. The van der Waals surface area contributed by atoms with E-state index in [4.69, 9.17) is 20.4 Å². The molecule has 0 saturated heterocycles. The molecule has 10 nitrogen and oxygen atoms in total. The van der Waals surface area contributed by atoms with Crippen LogP contribution in [0.25, 0.3) is 10.9 Å². The molecule has 1 atom stereocenters. The topological polar surface area (TPSA) is 130 Å². The van der Waals surface area contributed by atoms with E-state index in [0.29, 0.717) is 28.6 Å². The average Bonchev–Trinajstić information content (AvgIpc) is 2.94. The minimum Gasteiger partial charge on any atom is -0.483 e. The van der Waals surface area contributed by atoms with E-state index in [-0.39, 0.29) is 12.2 Å². The molecule has 4 N–H and O–H groups in total. The van der Waals surface area contributed by atoms with Gasteiger partial charge >= 0.3 is 6.18 Å². The van der Waals surface area contributed by atoms with Crippen LogP contribution in [0.4, 0.5) is 36.1 Å². The molecule has 13 heteroatoms. The fraction of sp³-hybridized carbons (Fsp3) is 0.333. The maximum absolute atomic E-state index is 13.4. The van der Waals surface area contributed by atoms with Crippen molar-refractivity contribution >= 4 is 40.3 Å². The highest BCUT2D eigenvalue weighted by Gasteiger charge is 2.31. The number of nitrogen functional groups attached to an aromatic ring is 1. The number of likely N-dealkylation sites (N-methyl/N-ethyl adjacent to an activating group) is 1. The van der Waals surface area contributed by atoms with Crippen molar-refractivity contribution in [3.05, 3.63) is 71.2 Å². The summed E-state index contributed by atoms with van der Waals surface area (Å²) in [5, 5.41) is 10.9. The van der Waals surface area contributed by atoms with E-state index in [1.54, 1.807) is 27.2 Å². The Morgan fingerprint density at radius 1 is 1.09 bits per heavy atom. The molecule has 0 unspecified atom stereocenters. The van der Waals surface area contributed by atoms with Gasteiger partial charge in [0.15, 0.2) is 0 Å². The lowest BCUT2D eigenvalue weighted by atomic mass is 10.0. The first kappa shape index (κ1) is 32.9. The van der Waals surface area contributed by atoms with Crippen molar-refractivity contribution < 1.29 is 27.8 Å². The Labute approximate surface area is 248 Å². The summed E-state index contributed by atoms with van der Waals surface area (Å²) in [4.78, 5) is 26.1. The predicted octanol–water partition coefficient (Wildman–Crippen LogP) is 5.69. The Morgan fingerprint density at radius 2 is 1.79 bits per heavy atom. The Kier molecular flexibility index (Phi) is 10.7. The fourth-order valence-electron chi connectivity index (χ4n) is 4.45. The third-order valence-corrected chi connectivity index (χ3v) is 6.66. The van der Waals surface area contributed by atoms with Gasteiger partial charge < -0.3 is 30.7 Å². The molecular weight excluding hydrogens is 563 g/mol. The van der Waals surface area contributed by atoms with Gasteiger partial charge in [-0.05, 0) is 82.4 Å². The lowest BCUT2D eigenvalue weighted by molar-refractivity contribution is -0.137. The second-order valence-electron chi connectivity index (χ2n) is 10.2. The summed E-state index contributed by atoms with van der Waals surface area (Å²) in [7, 11) is 7.59. The van der Waals surface area contributed by atoms with Crippen molar-refractivity contribution in [2.75, 3.05) is 50.7 Å². The highest BCUT2D eigenvalue weighted by atomic mass is 19.4. The van der Waals surface area contributed by atoms with Gasteiger partial charge in [0, 0.05) is 35.9 Å². The van der Waals surface area contributed by atoms with E-state index >= 15 is 0 Å². The number of hydrogen-bond acceptors (Lipinski definition) is 9. The number of hydrogen-bond donors (Lipinski definition) is 3. The molecule has 0 aliphatic carbocycles. The SMILES string of the molecule is COc1ncc(N(C)c2ccc3nc(C)nc(N[C@H](C)c4cc(N)cc(C(F)(F)F)c4)c3c2)cc1CCN(C)C.O=CO. The zero-order valence-electron chi connectivity index (χ0n) is 24.9. The van der Waals surface area contributed by atoms with Gasteiger partial charge in [-0.2, -0.15) is 13.2 Å². The van der Waals surface area contributed by atoms with Crippen molar-refractivity contribution in [3.8, 4) is 5.88 Å². The number of benzene rings is 2. The number of rotatable bonds is 9. The molecule has 0 fully saturated rings. The smallest absolute Gasteiger partial charge is 0.416 e. The number of ether oxygens (including phenoxy) is 1. The van der Waals surface area contributed by atoms with Gasteiger partial charge in [-0.3, -0.25) is 4.79 Å². The molecule has 2 aromatic heterocycles. The van der Waals surface area contributed by atoms with E-state index in [9.17, 15) is 13.2 Å². The van der Waals surface area contributed by atoms with E-state index in [0.717, 1.165) is 47.4 Å². The van der Waals surface area contributed by atoms with Crippen LogP contribution >= 0.6 is 0 Å². The minimum atomic E-state index is -4.50. The summed E-state index contributed by atoms with van der Waals surface area (Å²) in [5.41, 5.74) is 8.91. The van der Waals surface area contributed by atoms with Crippen LogP contribution in [0.15, 0.2) is 48.7 Å². The average molecular weight is 600 g/mol. The number of nitrogens with zero attached hydrogens (tertiary/aromatic N) is 5. The number of halogens is 3. The zero-order chi connectivity index (χ0) is 31.9. The number of anilines is 4. The molecule has 0 amide bonds. The Morgan fingerprint density at radius 3 is 2.42 bits per heavy atom. The van der Waals surface area contributed by atoms with Crippen LogP contribution in [-0.4, -0.2) is 66.2 Å². The van der Waals surface area contributed by atoms with Crippen LogP contribution in [0.3, 0.4) is 0 Å². The first-order chi connectivity index (χ1) is 20.3. The minimum absolute atomic E-state index is 0.0455. The van der Waals surface area contributed by atoms with Gasteiger partial charge in [-0.15, -0.1) is 0 Å². The Hall–Kier alpha value is -4.65. The Balaban J connectivity index is 0.00000162. The fourth-order valence-corrected chi connectivity index (χ4v) is 4.45. The predicted molar refractivity (Wildman–Crippen MR) is 162 cm³/mol. The number of methoxy groups -OCH3 is 1. The summed E-state index contributed by atoms with van der Waals surface area (Å²) in [6, 6.07) is 10.9. The molecule has 4 aromatic rings. The Bertz CT molecular complexity index is 1560. The number of aromatic nitrogens is 3. The highest BCUT2D eigenvalue weighted by Crippen LogP contribution is 2.35. The molecule has 0 bridgehead atoms. The van der Waals surface area contributed by atoms with Crippen LogP contribution in [-0.2, 0) is 17.4 Å². The lowest BCUT2D eigenvalue weighted by Crippen LogP contribution is -2.16. The molecule has 0 saturated carbocycles. The largest absolute Gasteiger partial charge is 0.483 e. The van der Waals surface area contributed by atoms with Crippen LogP contribution in [0.1, 0.15) is 35.5 Å². The van der Waals surface area contributed by atoms with Gasteiger partial charge in [-0.25, -0.2) is 15.0 Å². The normalized spacial score (nSPS) is 12.0. The summed E-state index contributed by atoms with van der Waals surface area (Å²) < 4.78 is 45.6. The monoisotopic (exact) mass is 599 g/mol. The summed E-state index contributed by atoms with van der Waals surface area (Å²) in [5.74, 6) is 1.65. The molecule has 2 heterocycles. The molecule has 0 spiro atoms. The van der Waals surface area contributed by atoms with Crippen LogP contribution in [0, 0.1) is 6.92 Å². The van der Waals surface area contributed by atoms with Gasteiger partial charge in [0.05, 0.1) is 36.1 Å². The number of aryl methyl sites for hydroxylation is 1. The number of pyridine rings is 1. The molecule has 43 heavy (non-hydrogen) atoms. The molecule has 2 aromatic carbocycles. The maximum Gasteiger partial charge on any atom is 0.416 e. The highest BCUT2D eigenvalue weighted by molar-refractivity contribution is 5.92. The first-order valence-corrected chi connectivity index (χ1v) is 13.3. The first-order valence-electron chi connectivity index (χ1n) is 13.3. The van der Waals surface area contributed by atoms with Crippen molar-refractivity contribution in [2.24, 2.45) is 0 Å². The number of nitrogens with two attached hydrogens (primary N) is 1. The quantitative estimate of drug-likeness (QED) is 0.163. The molecule has 230 valence electrons. The maximum atomic E-state index is 13.4. The van der Waals surface area contributed by atoms with E-state index in [2.05, 4.69) is 31.2 Å². The summed E-state index contributed by atoms with van der Waals surface area (Å²) >= 11 is 0. The van der Waals surface area contributed by atoms with Crippen LogP contribution in [0.5, 0.6) is 5.88 Å². The molecular formula is C30H36F3N7O3. The van der Waals surface area contributed by atoms with Gasteiger partial charge in [0.1, 0.15) is 11.6 Å². The van der Waals surface area contributed by atoms with Crippen molar-refractivity contribution in [3.63, 3.8) is 0 Å². The number of nitrogens with one attached hydrogen (secondary N) is 1. The molecule has 0 aliphatic rings. The van der Waals surface area contributed by atoms with Crippen molar-refractivity contribution in [1.29, 1.82) is 0 Å². The summed E-state index contributed by atoms with van der Waals surface area (Å²) in [6.07, 6.45) is -1.96. The standard InChI is InChI=1S/C29H34F3N7O.CH2O2/c1-17(20-11-21(29(30,31)32)14-22(33)12-20)35-27-25-15-23(7-8-26(25)36-18(2)37-27)39(5)24-13-19(9-10-38(3)4)28(40-6)34-16-24;2-1-3/h7-8,11-17H,9-10,33H2,1-6H3,(H,35,36,37);1H,(H,2,3)/t17-;/m1./s1. The van der Waals surface area contributed by atoms with Crippen molar-refractivity contribution in [2.45, 2.75) is 32.5 Å². The number of carboxylic acid groups (broad SMARTS) is 1.